The van der Waals surface area contributed by atoms with Gasteiger partial charge in [0.25, 0.3) is 0 Å². The first kappa shape index (κ1) is 47.7. The highest BCUT2D eigenvalue weighted by Crippen LogP contribution is 2.48. The third-order valence-electron chi connectivity index (χ3n) is 10.8. The molecule has 0 aliphatic rings. The van der Waals surface area contributed by atoms with E-state index in [1.807, 2.05) is 152 Å². The molecule has 3 unspecified atom stereocenters. The molecule has 0 heterocycles. The van der Waals surface area contributed by atoms with Crippen LogP contribution in [0, 0.1) is 5.92 Å². The molecule has 5 aromatic carbocycles. The standard InChI is InChI=1S/C51H56N4O7S/c52-31-17-16-28-44(50(61)62)55-49(60)39(32-37-18-6-1-7-19-37)34-46(57)45(33-38-20-8-2-9-21-38)54-47(58)30-29-43(56)35-53-48(59)36-63-51(40-22-10-3-11-23-40,41-24-12-4-13-25-41)42-26-14-5-15-27-42/h1-15,18-27,39,44-45H,16-17,28-36,52H2,(H,53,59)(H,54,58)(H,55,60)(H,61,62). The van der Waals surface area contributed by atoms with E-state index in [0.29, 0.717) is 19.4 Å². The molecular formula is C51H56N4O7S. The molecule has 11 nitrogen and oxygen atoms in total. The lowest BCUT2D eigenvalue weighted by atomic mass is 9.84. The van der Waals surface area contributed by atoms with E-state index in [-0.39, 0.29) is 62.5 Å². The number of carboxylic acids is 1. The molecule has 12 heteroatoms. The summed E-state index contributed by atoms with van der Waals surface area (Å²) >= 11 is 1.46. The number of amides is 3. The highest BCUT2D eigenvalue weighted by Gasteiger charge is 2.37. The maximum atomic E-state index is 14.1. The van der Waals surface area contributed by atoms with E-state index in [0.717, 1.165) is 27.8 Å². The molecule has 3 atom stereocenters. The van der Waals surface area contributed by atoms with Gasteiger partial charge in [0.15, 0.2) is 11.6 Å². The maximum absolute atomic E-state index is 14.1. The predicted octanol–water partition coefficient (Wildman–Crippen LogP) is 6.42. The number of carbonyl (C=O) groups is 6. The summed E-state index contributed by atoms with van der Waals surface area (Å²) in [6.07, 6.45) is 0.946. The molecule has 0 fully saturated rings. The second-order valence-electron chi connectivity index (χ2n) is 15.4. The number of benzene rings is 5. The van der Waals surface area contributed by atoms with E-state index in [1.165, 1.54) is 11.8 Å². The molecule has 0 aliphatic carbocycles. The fourth-order valence-electron chi connectivity index (χ4n) is 7.47. The van der Waals surface area contributed by atoms with E-state index in [4.69, 9.17) is 5.73 Å². The summed E-state index contributed by atoms with van der Waals surface area (Å²) in [5.41, 5.74) is 10.2. The Bertz CT molecular complexity index is 2130. The smallest absolute Gasteiger partial charge is 0.326 e. The Kier molecular flexibility index (Phi) is 18.9. The van der Waals surface area contributed by atoms with E-state index >= 15 is 0 Å². The van der Waals surface area contributed by atoms with Gasteiger partial charge in [-0.05, 0) is 66.5 Å². The second kappa shape index (κ2) is 24.9. The van der Waals surface area contributed by atoms with Crippen LogP contribution in [0.2, 0.25) is 0 Å². The minimum atomic E-state index is -1.18. The Hall–Kier alpha value is -6.37. The summed E-state index contributed by atoms with van der Waals surface area (Å²) in [5, 5.41) is 18.0. The number of carboxylic acid groups (broad SMARTS) is 1. The van der Waals surface area contributed by atoms with Gasteiger partial charge in [0.2, 0.25) is 17.7 Å². The van der Waals surface area contributed by atoms with Crippen LogP contribution in [0.25, 0.3) is 0 Å². The SMILES string of the molecule is NCCCCC(NC(=O)C(CC(=O)C(Cc1ccccc1)NC(=O)CCC(=O)CNC(=O)CSC(c1ccccc1)(c1ccccc1)c1ccccc1)Cc1ccccc1)C(=O)O. The Balaban J connectivity index is 1.21. The van der Waals surface area contributed by atoms with E-state index in [2.05, 4.69) is 16.0 Å². The number of unbranched alkanes of at least 4 members (excludes halogenated alkanes) is 1. The third-order valence-corrected chi connectivity index (χ3v) is 12.3. The van der Waals surface area contributed by atoms with Crippen molar-refractivity contribution < 1.29 is 33.9 Å². The normalized spacial score (nSPS) is 12.6. The molecular weight excluding hydrogens is 813 g/mol. The molecule has 5 rings (SSSR count). The van der Waals surface area contributed by atoms with Crippen LogP contribution in [0.15, 0.2) is 152 Å². The molecule has 0 bridgehead atoms. The first-order valence-electron chi connectivity index (χ1n) is 21.3. The second-order valence-corrected chi connectivity index (χ2v) is 16.6. The molecule has 5 aromatic rings. The molecule has 0 spiro atoms. The van der Waals surface area contributed by atoms with Crippen molar-refractivity contribution in [2.45, 2.75) is 68.2 Å². The molecule has 0 saturated heterocycles. The van der Waals surface area contributed by atoms with Crippen molar-refractivity contribution in [3.8, 4) is 0 Å². The number of thioether (sulfide) groups is 1. The first-order chi connectivity index (χ1) is 30.6. The lowest BCUT2D eigenvalue weighted by molar-refractivity contribution is -0.143. The summed E-state index contributed by atoms with van der Waals surface area (Å²) < 4.78 is -0.715. The average Bonchev–Trinajstić information content (AvgIpc) is 3.31. The minimum Gasteiger partial charge on any atom is -0.480 e. The van der Waals surface area contributed by atoms with Gasteiger partial charge < -0.3 is 26.8 Å². The molecule has 328 valence electrons. The quantitative estimate of drug-likeness (QED) is 0.0309. The number of nitrogens with two attached hydrogens (primary N) is 1. The number of hydrogen-bond acceptors (Lipinski definition) is 8. The molecule has 0 saturated carbocycles. The molecule has 0 aromatic heterocycles. The number of hydrogen-bond donors (Lipinski definition) is 5. The van der Waals surface area contributed by atoms with Crippen molar-refractivity contribution in [2.24, 2.45) is 11.7 Å². The van der Waals surface area contributed by atoms with Gasteiger partial charge in [0.1, 0.15) is 6.04 Å². The zero-order valence-corrected chi connectivity index (χ0v) is 36.1. The number of nitrogens with one attached hydrogen (secondary N) is 3. The third kappa shape index (κ3) is 14.6. The number of rotatable bonds is 26. The van der Waals surface area contributed by atoms with Crippen LogP contribution in [0.4, 0.5) is 0 Å². The fraction of sp³-hybridized carbons (Fsp3) is 0.294. The Morgan fingerprint density at radius 3 is 1.57 bits per heavy atom. The monoisotopic (exact) mass is 868 g/mol. The molecule has 6 N–H and O–H groups in total. The maximum Gasteiger partial charge on any atom is 0.326 e. The van der Waals surface area contributed by atoms with Crippen molar-refractivity contribution >= 4 is 47.0 Å². The number of ketones is 2. The zero-order chi connectivity index (χ0) is 44.9. The van der Waals surface area contributed by atoms with Gasteiger partial charge in [-0.2, -0.15) is 0 Å². The van der Waals surface area contributed by atoms with Crippen molar-refractivity contribution in [2.75, 3.05) is 18.8 Å². The Labute approximate surface area is 373 Å². The zero-order valence-electron chi connectivity index (χ0n) is 35.3. The van der Waals surface area contributed by atoms with Crippen LogP contribution in [0.3, 0.4) is 0 Å². The van der Waals surface area contributed by atoms with Gasteiger partial charge in [-0.1, -0.05) is 152 Å². The van der Waals surface area contributed by atoms with E-state index in [1.54, 1.807) is 0 Å². The van der Waals surface area contributed by atoms with Gasteiger partial charge in [-0.15, -0.1) is 11.8 Å². The molecule has 3 amide bonds. The predicted molar refractivity (Wildman–Crippen MR) is 247 cm³/mol. The Morgan fingerprint density at radius 1 is 0.587 bits per heavy atom. The van der Waals surface area contributed by atoms with Gasteiger partial charge in [-0.25, -0.2) is 4.79 Å². The largest absolute Gasteiger partial charge is 0.480 e. The van der Waals surface area contributed by atoms with Gasteiger partial charge in [0.05, 0.1) is 23.1 Å². The van der Waals surface area contributed by atoms with Crippen LogP contribution in [0.5, 0.6) is 0 Å². The minimum absolute atomic E-state index is 0.0459. The molecule has 0 aliphatic heterocycles. The highest BCUT2D eigenvalue weighted by atomic mass is 32.2. The average molecular weight is 869 g/mol. The summed E-state index contributed by atoms with van der Waals surface area (Å²) in [6.45, 7) is 0.124. The number of carbonyl (C=O) groups excluding carboxylic acids is 5. The van der Waals surface area contributed by atoms with Crippen molar-refractivity contribution in [1.29, 1.82) is 0 Å². The highest BCUT2D eigenvalue weighted by molar-refractivity contribution is 8.01. The van der Waals surface area contributed by atoms with Gasteiger partial charge in [-0.3, -0.25) is 24.0 Å². The lowest BCUT2D eigenvalue weighted by Crippen LogP contribution is -2.47. The first-order valence-corrected chi connectivity index (χ1v) is 22.3. The number of Topliss-reactive ketones (excluding diaryl/α,β-unsaturated/α-hetero) is 2. The van der Waals surface area contributed by atoms with E-state index < -0.39 is 46.3 Å². The van der Waals surface area contributed by atoms with Crippen molar-refractivity contribution in [1.82, 2.24) is 16.0 Å². The lowest BCUT2D eigenvalue weighted by Gasteiger charge is -2.35. The van der Waals surface area contributed by atoms with E-state index in [9.17, 15) is 33.9 Å². The molecule has 63 heavy (non-hydrogen) atoms. The van der Waals surface area contributed by atoms with Crippen LogP contribution < -0.4 is 21.7 Å². The van der Waals surface area contributed by atoms with Crippen molar-refractivity contribution in [3.63, 3.8) is 0 Å². The van der Waals surface area contributed by atoms with Gasteiger partial charge in [0, 0.05) is 25.2 Å². The van der Waals surface area contributed by atoms with Gasteiger partial charge >= 0.3 is 5.97 Å². The molecule has 0 radical (unpaired) electrons. The van der Waals surface area contributed by atoms with Crippen LogP contribution in [-0.4, -0.2) is 71.3 Å². The van der Waals surface area contributed by atoms with Crippen LogP contribution in [-0.2, 0) is 46.4 Å². The summed E-state index contributed by atoms with van der Waals surface area (Å²) in [6, 6.07) is 46.0. The van der Waals surface area contributed by atoms with Crippen LogP contribution >= 0.6 is 11.8 Å². The Morgan fingerprint density at radius 2 is 1.08 bits per heavy atom. The summed E-state index contributed by atoms with van der Waals surface area (Å²) in [5.74, 6) is -4.26. The number of aliphatic carboxylic acids is 1. The summed E-state index contributed by atoms with van der Waals surface area (Å²) in [4.78, 5) is 79.7. The van der Waals surface area contributed by atoms with Crippen molar-refractivity contribution in [3.05, 3.63) is 179 Å². The fourth-order valence-corrected chi connectivity index (χ4v) is 8.83. The summed E-state index contributed by atoms with van der Waals surface area (Å²) in [7, 11) is 0. The van der Waals surface area contributed by atoms with Crippen LogP contribution in [0.1, 0.15) is 66.3 Å². The topological polar surface area (TPSA) is 185 Å².